The first-order chi connectivity index (χ1) is 12.0. The van der Waals surface area contributed by atoms with Gasteiger partial charge in [-0.1, -0.05) is 24.8 Å². The highest BCUT2D eigenvalue weighted by molar-refractivity contribution is 7.98. The molecule has 0 aliphatic rings. The van der Waals surface area contributed by atoms with E-state index in [1.165, 1.54) is 11.8 Å². The van der Waals surface area contributed by atoms with E-state index >= 15 is 0 Å². The van der Waals surface area contributed by atoms with Gasteiger partial charge in [0, 0.05) is 18.1 Å². The first kappa shape index (κ1) is 16.2. The molecule has 0 bridgehead atoms. The van der Waals surface area contributed by atoms with Gasteiger partial charge in [0.1, 0.15) is 11.2 Å². The molecule has 0 aliphatic heterocycles. The van der Waals surface area contributed by atoms with Crippen molar-refractivity contribution in [2.45, 2.75) is 22.8 Å². The molecule has 0 radical (unpaired) electrons. The summed E-state index contributed by atoms with van der Waals surface area (Å²) in [5.41, 5.74) is 2.94. The minimum Gasteiger partial charge on any atom is -0.431 e. The molecule has 0 amide bonds. The Labute approximate surface area is 148 Å². The zero-order chi connectivity index (χ0) is 17.4. The van der Waals surface area contributed by atoms with E-state index in [0.29, 0.717) is 22.1 Å². The summed E-state index contributed by atoms with van der Waals surface area (Å²) in [4.78, 5) is 9.19. The van der Waals surface area contributed by atoms with Gasteiger partial charge in [0.25, 0.3) is 5.22 Å². The van der Waals surface area contributed by atoms with Gasteiger partial charge in [-0.15, -0.1) is 0 Å². The highest BCUT2D eigenvalue weighted by atomic mass is 32.2. The van der Waals surface area contributed by atoms with Crippen molar-refractivity contribution in [3.05, 3.63) is 54.5 Å². The zero-order valence-corrected chi connectivity index (χ0v) is 15.0. The molecule has 4 aromatic rings. The van der Waals surface area contributed by atoms with Crippen LogP contribution in [0.15, 0.2) is 63.3 Å². The van der Waals surface area contributed by atoms with Crippen molar-refractivity contribution in [2.24, 2.45) is 0 Å². The maximum atomic E-state index is 12.0. The smallest absolute Gasteiger partial charge is 0.257 e. The molecule has 0 fully saturated rings. The quantitative estimate of drug-likeness (QED) is 0.498. The molecular weight excluding hydrogens is 358 g/mol. The van der Waals surface area contributed by atoms with Crippen molar-refractivity contribution in [3.63, 3.8) is 0 Å². The van der Waals surface area contributed by atoms with E-state index < -0.39 is 9.84 Å². The molecule has 8 heteroatoms. The molecule has 0 atom stereocenters. The van der Waals surface area contributed by atoms with Gasteiger partial charge in [-0.2, -0.15) is 0 Å². The highest BCUT2D eigenvalue weighted by Crippen LogP contribution is 2.27. The number of sulfone groups is 1. The number of thioether (sulfide) groups is 1. The van der Waals surface area contributed by atoms with Gasteiger partial charge in [-0.25, -0.2) is 18.4 Å². The number of nitrogens with zero attached hydrogens (tertiary/aromatic N) is 3. The molecule has 4 rings (SSSR count). The van der Waals surface area contributed by atoms with Crippen LogP contribution in [0.4, 0.5) is 0 Å². The lowest BCUT2D eigenvalue weighted by atomic mass is 10.3. The van der Waals surface area contributed by atoms with Crippen molar-refractivity contribution in [3.8, 4) is 0 Å². The van der Waals surface area contributed by atoms with E-state index in [9.17, 15) is 8.42 Å². The van der Waals surface area contributed by atoms with Crippen molar-refractivity contribution in [1.82, 2.24) is 14.4 Å². The van der Waals surface area contributed by atoms with Gasteiger partial charge in [-0.05, 0) is 30.3 Å². The Balaban J connectivity index is 1.57. The first-order valence-electron chi connectivity index (χ1n) is 7.74. The number of hydrogen-bond acceptors (Lipinski definition) is 6. The third-order valence-electron chi connectivity index (χ3n) is 3.84. The third kappa shape index (κ3) is 3.14. The fourth-order valence-electron chi connectivity index (χ4n) is 2.50. The minimum atomic E-state index is -3.25. The van der Waals surface area contributed by atoms with Crippen LogP contribution in [0.2, 0.25) is 0 Å². The van der Waals surface area contributed by atoms with Crippen LogP contribution in [0.3, 0.4) is 0 Å². The fourth-order valence-corrected chi connectivity index (χ4v) is 4.12. The second-order valence-corrected chi connectivity index (χ2v) is 8.70. The summed E-state index contributed by atoms with van der Waals surface area (Å²) < 4.78 is 31.6. The van der Waals surface area contributed by atoms with E-state index in [-0.39, 0.29) is 10.6 Å². The molecule has 0 N–H and O–H groups in total. The third-order valence-corrected chi connectivity index (χ3v) is 6.43. The number of fused-ring (bicyclic) bond motifs is 2. The Kier molecular flexibility index (Phi) is 4.01. The molecular formula is C17H15N3O3S2. The molecule has 3 heterocycles. The van der Waals surface area contributed by atoms with Gasteiger partial charge in [0.2, 0.25) is 0 Å². The maximum absolute atomic E-state index is 12.0. The van der Waals surface area contributed by atoms with Gasteiger partial charge in [-0.3, -0.25) is 0 Å². The number of imidazole rings is 1. The number of aromatic nitrogens is 3. The van der Waals surface area contributed by atoms with E-state index in [1.54, 1.807) is 25.1 Å². The minimum absolute atomic E-state index is 0.0614. The van der Waals surface area contributed by atoms with Crippen LogP contribution in [0.5, 0.6) is 0 Å². The summed E-state index contributed by atoms with van der Waals surface area (Å²) in [6.07, 6.45) is 3.92. The van der Waals surface area contributed by atoms with E-state index in [2.05, 4.69) is 9.97 Å². The van der Waals surface area contributed by atoms with Crippen LogP contribution in [0.1, 0.15) is 12.6 Å². The summed E-state index contributed by atoms with van der Waals surface area (Å²) in [6, 6.07) is 10.6. The molecule has 3 aromatic heterocycles. The number of oxazole rings is 1. The second-order valence-electron chi connectivity index (χ2n) is 5.50. The lowest BCUT2D eigenvalue weighted by Crippen LogP contribution is -2.03. The van der Waals surface area contributed by atoms with Crippen molar-refractivity contribution in [2.75, 3.05) is 5.75 Å². The van der Waals surface area contributed by atoms with E-state index in [4.69, 9.17) is 4.42 Å². The summed E-state index contributed by atoms with van der Waals surface area (Å²) in [6.45, 7) is 1.62. The Morgan fingerprint density at radius 3 is 2.88 bits per heavy atom. The lowest BCUT2D eigenvalue weighted by Gasteiger charge is -1.99. The molecule has 0 spiro atoms. The maximum Gasteiger partial charge on any atom is 0.257 e. The topological polar surface area (TPSA) is 77.5 Å². The molecule has 6 nitrogen and oxygen atoms in total. The van der Waals surface area contributed by atoms with E-state index in [0.717, 1.165) is 11.3 Å². The lowest BCUT2D eigenvalue weighted by molar-refractivity contribution is 0.489. The number of rotatable bonds is 5. The van der Waals surface area contributed by atoms with Crippen molar-refractivity contribution >= 4 is 38.3 Å². The first-order valence-corrected chi connectivity index (χ1v) is 10.4. The fraction of sp³-hybridized carbons (Fsp3) is 0.176. The Morgan fingerprint density at radius 2 is 2.08 bits per heavy atom. The van der Waals surface area contributed by atoms with Crippen LogP contribution < -0.4 is 0 Å². The van der Waals surface area contributed by atoms with Crippen molar-refractivity contribution in [1.29, 1.82) is 0 Å². The van der Waals surface area contributed by atoms with Crippen molar-refractivity contribution < 1.29 is 12.8 Å². The van der Waals surface area contributed by atoms with Crippen LogP contribution in [-0.2, 0) is 15.6 Å². The van der Waals surface area contributed by atoms with Crippen LogP contribution in [0.25, 0.3) is 16.7 Å². The SMILES string of the molecule is CCS(=O)(=O)c1ccc2oc(SCc3cn4ccccc4n3)nc2c1. The average molecular weight is 373 g/mol. The van der Waals surface area contributed by atoms with Gasteiger partial charge < -0.3 is 8.82 Å². The molecule has 0 aliphatic carbocycles. The van der Waals surface area contributed by atoms with E-state index in [1.807, 2.05) is 35.0 Å². The summed E-state index contributed by atoms with van der Waals surface area (Å²) in [5, 5.41) is 0.498. The molecule has 25 heavy (non-hydrogen) atoms. The van der Waals surface area contributed by atoms with Crippen LogP contribution in [0, 0.1) is 0 Å². The number of benzene rings is 1. The molecule has 0 saturated heterocycles. The summed E-state index contributed by atoms with van der Waals surface area (Å²) >= 11 is 1.43. The van der Waals surface area contributed by atoms with Gasteiger partial charge in [0.05, 0.1) is 16.3 Å². The van der Waals surface area contributed by atoms with Crippen LogP contribution >= 0.6 is 11.8 Å². The Hall–Kier alpha value is -2.32. The Morgan fingerprint density at radius 1 is 1.20 bits per heavy atom. The number of hydrogen-bond donors (Lipinski definition) is 0. The predicted molar refractivity (Wildman–Crippen MR) is 96.5 cm³/mol. The monoisotopic (exact) mass is 373 g/mol. The van der Waals surface area contributed by atoms with Crippen LogP contribution in [-0.4, -0.2) is 28.5 Å². The molecule has 0 saturated carbocycles. The van der Waals surface area contributed by atoms with Gasteiger partial charge >= 0.3 is 0 Å². The largest absolute Gasteiger partial charge is 0.431 e. The molecule has 0 unspecified atom stereocenters. The summed E-state index contributed by atoms with van der Waals surface area (Å²) in [5.74, 6) is 0.681. The normalized spacial score (nSPS) is 12.2. The standard InChI is InChI=1S/C17H15N3O3S2/c1-2-25(21,22)13-6-7-15-14(9-13)19-17(23-15)24-11-12-10-20-8-4-3-5-16(20)18-12/h3-10H,2,11H2,1H3. The average Bonchev–Trinajstić information content (AvgIpc) is 3.22. The zero-order valence-electron chi connectivity index (χ0n) is 13.4. The predicted octanol–water partition coefficient (Wildman–Crippen LogP) is 3.56. The highest BCUT2D eigenvalue weighted by Gasteiger charge is 2.15. The molecule has 128 valence electrons. The Bertz CT molecular complexity index is 1130. The summed E-state index contributed by atoms with van der Waals surface area (Å²) in [7, 11) is -3.25. The molecule has 1 aromatic carbocycles. The second kappa shape index (κ2) is 6.20. The van der Waals surface area contributed by atoms with Gasteiger partial charge in [0.15, 0.2) is 15.4 Å². The number of pyridine rings is 1.